The fourth-order valence-corrected chi connectivity index (χ4v) is 3.96. The van der Waals surface area contributed by atoms with Gasteiger partial charge in [0.15, 0.2) is 6.10 Å². The van der Waals surface area contributed by atoms with E-state index in [1.807, 2.05) is 17.5 Å². The van der Waals surface area contributed by atoms with Gasteiger partial charge in [0.25, 0.3) is 5.91 Å². The van der Waals surface area contributed by atoms with Crippen molar-refractivity contribution < 1.29 is 23.5 Å². The van der Waals surface area contributed by atoms with Gasteiger partial charge in [0.05, 0.1) is 16.8 Å². The van der Waals surface area contributed by atoms with Gasteiger partial charge in [-0.3, -0.25) is 10.1 Å². The van der Waals surface area contributed by atoms with Crippen LogP contribution in [0.25, 0.3) is 22.6 Å². The van der Waals surface area contributed by atoms with Gasteiger partial charge in [0, 0.05) is 5.39 Å². The summed E-state index contributed by atoms with van der Waals surface area (Å²) in [4.78, 5) is 41.0. The maximum atomic E-state index is 13.3. The normalized spacial score (nSPS) is 15.0. The summed E-state index contributed by atoms with van der Waals surface area (Å²) in [6.07, 6.45) is 2.88. The molecular weight excluding hydrogens is 425 g/mol. The van der Waals surface area contributed by atoms with E-state index in [0.29, 0.717) is 28.6 Å². The highest BCUT2D eigenvalue weighted by Crippen LogP contribution is 2.36. The molecule has 3 N–H and O–H groups in total. The summed E-state index contributed by atoms with van der Waals surface area (Å²) in [5.41, 5.74) is 9.12. The van der Waals surface area contributed by atoms with E-state index in [-0.39, 0.29) is 5.82 Å². The van der Waals surface area contributed by atoms with Gasteiger partial charge in [-0.05, 0) is 67.2 Å². The van der Waals surface area contributed by atoms with Crippen molar-refractivity contribution in [1.29, 1.82) is 0 Å². The number of fused-ring (bicyclic) bond motifs is 2. The second kappa shape index (κ2) is 9.20. The van der Waals surface area contributed by atoms with Gasteiger partial charge in [0.2, 0.25) is 0 Å². The number of ether oxygens (including phenoxy) is 1. The van der Waals surface area contributed by atoms with Crippen LogP contribution in [0.2, 0.25) is 0 Å². The average molecular weight is 447 g/mol. The zero-order valence-corrected chi connectivity index (χ0v) is 17.9. The molecule has 3 aromatic rings. The number of nitrogens with two attached hydrogens (primary N) is 1. The van der Waals surface area contributed by atoms with Crippen LogP contribution >= 0.6 is 0 Å². The summed E-state index contributed by atoms with van der Waals surface area (Å²) in [5.74, 6) is -1.80. The summed E-state index contributed by atoms with van der Waals surface area (Å²) in [7, 11) is 0. The summed E-state index contributed by atoms with van der Waals surface area (Å²) in [5, 5.41) is 2.53. The zero-order chi connectivity index (χ0) is 23.5. The number of benzene rings is 2. The fraction of sp³-hybridized carbons (Fsp3) is 0.200. The Morgan fingerprint density at radius 2 is 1.85 bits per heavy atom. The van der Waals surface area contributed by atoms with Crippen LogP contribution in [0.15, 0.2) is 48.5 Å². The number of pyridine rings is 1. The number of amides is 3. The highest BCUT2D eigenvalue weighted by atomic mass is 19.1. The molecule has 1 aromatic heterocycles. The maximum absolute atomic E-state index is 13.3. The lowest BCUT2D eigenvalue weighted by molar-refractivity contribution is -0.127. The topological polar surface area (TPSA) is 111 Å². The number of carbonyl (C=O) groups is 3. The third-order valence-corrected chi connectivity index (χ3v) is 5.48. The van der Waals surface area contributed by atoms with Gasteiger partial charge in [-0.25, -0.2) is 19.0 Å². The van der Waals surface area contributed by atoms with E-state index < -0.39 is 24.0 Å². The molecule has 0 saturated heterocycles. The van der Waals surface area contributed by atoms with E-state index in [4.69, 9.17) is 15.5 Å². The maximum Gasteiger partial charge on any atom is 0.339 e. The predicted molar refractivity (Wildman–Crippen MR) is 122 cm³/mol. The van der Waals surface area contributed by atoms with Crippen LogP contribution in [0.3, 0.4) is 0 Å². The molecule has 1 unspecified atom stereocenters. The van der Waals surface area contributed by atoms with E-state index >= 15 is 0 Å². The average Bonchev–Trinajstić information content (AvgIpc) is 2.78. The Morgan fingerprint density at radius 1 is 1.12 bits per heavy atom. The highest BCUT2D eigenvalue weighted by molar-refractivity contribution is 6.07. The first-order chi connectivity index (χ1) is 15.8. The monoisotopic (exact) mass is 447 g/mol. The SMILES string of the molecule is CC(OC(=O)c1c2c(nc3ccccc13)C(=Cc1ccc(F)cc1)CCC2)C(=O)NC(N)=O. The van der Waals surface area contributed by atoms with Crippen LogP contribution in [0, 0.1) is 5.82 Å². The molecule has 3 amide bonds. The lowest BCUT2D eigenvalue weighted by Gasteiger charge is -2.23. The first kappa shape index (κ1) is 22.1. The van der Waals surface area contributed by atoms with Crippen molar-refractivity contribution in [2.75, 3.05) is 0 Å². The van der Waals surface area contributed by atoms with Crippen LogP contribution < -0.4 is 11.1 Å². The third kappa shape index (κ3) is 4.74. The van der Waals surface area contributed by atoms with Crippen LogP contribution in [-0.4, -0.2) is 29.0 Å². The van der Waals surface area contributed by atoms with E-state index in [2.05, 4.69) is 0 Å². The minimum atomic E-state index is -1.22. The molecule has 7 nitrogen and oxygen atoms in total. The molecular formula is C25H22FN3O4. The number of para-hydroxylation sites is 1. The Balaban J connectivity index is 1.79. The number of imide groups is 1. The highest BCUT2D eigenvalue weighted by Gasteiger charge is 2.28. The summed E-state index contributed by atoms with van der Waals surface area (Å²) in [6.45, 7) is 1.37. The summed E-state index contributed by atoms with van der Waals surface area (Å²) >= 11 is 0. The number of nitrogens with one attached hydrogen (secondary N) is 1. The smallest absolute Gasteiger partial charge is 0.339 e. The first-order valence-electron chi connectivity index (χ1n) is 10.5. The summed E-state index contributed by atoms with van der Waals surface area (Å²) in [6, 6.07) is 12.4. The molecule has 2 aromatic carbocycles. The molecule has 0 saturated carbocycles. The van der Waals surface area contributed by atoms with E-state index in [1.54, 1.807) is 30.3 Å². The number of primary amides is 1. The standard InChI is InChI=1S/C25H22FN3O4/c1-14(23(30)29-25(27)32)33-24(31)21-18-6-2-3-8-20(18)28-22-16(5-4-7-19(21)22)13-15-9-11-17(26)12-10-15/h2-3,6,8-14H,4-5,7H2,1H3,(H3,27,29,30,32). The van der Waals surface area contributed by atoms with Gasteiger partial charge in [-0.15, -0.1) is 0 Å². The lowest BCUT2D eigenvalue weighted by Crippen LogP contribution is -2.42. The van der Waals surface area contributed by atoms with Crippen molar-refractivity contribution in [3.63, 3.8) is 0 Å². The third-order valence-electron chi connectivity index (χ3n) is 5.48. The van der Waals surface area contributed by atoms with Gasteiger partial charge in [-0.2, -0.15) is 0 Å². The van der Waals surface area contributed by atoms with Crippen molar-refractivity contribution in [2.45, 2.75) is 32.3 Å². The molecule has 0 fully saturated rings. The van der Waals surface area contributed by atoms with Crippen LogP contribution in [0.1, 0.15) is 46.9 Å². The van der Waals surface area contributed by atoms with E-state index in [1.165, 1.54) is 19.1 Å². The number of hydrogen-bond acceptors (Lipinski definition) is 5. The molecule has 0 bridgehead atoms. The largest absolute Gasteiger partial charge is 0.449 e. The van der Waals surface area contributed by atoms with Gasteiger partial charge in [0.1, 0.15) is 5.82 Å². The second-order valence-corrected chi connectivity index (χ2v) is 7.81. The molecule has 0 spiro atoms. The first-order valence-corrected chi connectivity index (χ1v) is 10.5. The van der Waals surface area contributed by atoms with Crippen molar-refractivity contribution in [1.82, 2.24) is 10.3 Å². The molecule has 1 aliphatic carbocycles. The Hall–Kier alpha value is -4.07. The second-order valence-electron chi connectivity index (χ2n) is 7.81. The Morgan fingerprint density at radius 3 is 2.58 bits per heavy atom. The molecule has 1 heterocycles. The van der Waals surface area contributed by atoms with Gasteiger partial charge >= 0.3 is 12.0 Å². The Bertz CT molecular complexity index is 1280. The molecule has 4 rings (SSSR count). The molecule has 33 heavy (non-hydrogen) atoms. The molecule has 8 heteroatoms. The van der Waals surface area contributed by atoms with Gasteiger partial charge in [-0.1, -0.05) is 30.3 Å². The molecule has 0 radical (unpaired) electrons. The van der Waals surface area contributed by atoms with Crippen molar-refractivity contribution in [3.8, 4) is 0 Å². The van der Waals surface area contributed by atoms with E-state index in [0.717, 1.165) is 29.5 Å². The number of rotatable bonds is 4. The van der Waals surface area contributed by atoms with Crippen LogP contribution in [-0.2, 0) is 16.0 Å². The van der Waals surface area contributed by atoms with E-state index in [9.17, 15) is 18.8 Å². The number of allylic oxidation sites excluding steroid dienone is 1. The van der Waals surface area contributed by atoms with Crippen molar-refractivity contribution >= 4 is 40.5 Å². The zero-order valence-electron chi connectivity index (χ0n) is 17.9. The number of halogens is 1. The quantitative estimate of drug-likeness (QED) is 0.588. The fourth-order valence-electron chi connectivity index (χ4n) is 3.96. The molecule has 0 aliphatic heterocycles. The van der Waals surface area contributed by atoms with Crippen LogP contribution in [0.5, 0.6) is 0 Å². The van der Waals surface area contributed by atoms with Crippen molar-refractivity contribution in [3.05, 3.63) is 76.7 Å². The predicted octanol–water partition coefficient (Wildman–Crippen LogP) is 3.99. The summed E-state index contributed by atoms with van der Waals surface area (Å²) < 4.78 is 18.7. The van der Waals surface area contributed by atoms with Crippen LogP contribution in [0.4, 0.5) is 9.18 Å². The molecule has 168 valence electrons. The minimum Gasteiger partial charge on any atom is -0.449 e. The number of esters is 1. The number of aromatic nitrogens is 1. The number of carbonyl (C=O) groups excluding carboxylic acids is 3. The minimum absolute atomic E-state index is 0.315. The Kier molecular flexibility index (Phi) is 6.17. The molecule has 1 atom stereocenters. The lowest BCUT2D eigenvalue weighted by atomic mass is 9.86. The number of hydrogen-bond donors (Lipinski definition) is 2. The Labute approximate surface area is 189 Å². The number of nitrogens with zero attached hydrogens (tertiary/aromatic N) is 1. The molecule has 1 aliphatic rings. The number of urea groups is 1. The van der Waals surface area contributed by atoms with Gasteiger partial charge < -0.3 is 10.5 Å². The van der Waals surface area contributed by atoms with Crippen molar-refractivity contribution in [2.24, 2.45) is 5.73 Å².